The first kappa shape index (κ1) is 22.0. The zero-order valence-corrected chi connectivity index (χ0v) is 21.0. The molecule has 31 heavy (non-hydrogen) atoms. The molecule has 2 aromatic rings. The number of imidazole rings is 1. The van der Waals surface area contributed by atoms with E-state index in [1.807, 2.05) is 32.3 Å². The average molecular weight is 563 g/mol. The van der Waals surface area contributed by atoms with Gasteiger partial charge in [-0.25, -0.2) is 15.0 Å². The molecule has 0 radical (unpaired) electrons. The fourth-order valence-corrected chi connectivity index (χ4v) is 8.28. The van der Waals surface area contributed by atoms with Gasteiger partial charge in [0.05, 0.1) is 37.8 Å². The summed E-state index contributed by atoms with van der Waals surface area (Å²) in [5, 5.41) is 0. The van der Waals surface area contributed by atoms with Crippen LogP contribution >= 0.6 is 30.2 Å². The van der Waals surface area contributed by atoms with Crippen LogP contribution in [0, 0.1) is 15.2 Å². The van der Waals surface area contributed by atoms with Crippen molar-refractivity contribution in [2.75, 3.05) is 25.1 Å². The second kappa shape index (κ2) is 7.33. The molecular formula is C19H27IN5O5P. The van der Waals surface area contributed by atoms with Gasteiger partial charge in [-0.15, -0.1) is 0 Å². The van der Waals surface area contributed by atoms with Crippen LogP contribution in [0.3, 0.4) is 0 Å². The summed E-state index contributed by atoms with van der Waals surface area (Å²) in [7, 11) is -3.26. The Morgan fingerprint density at radius 1 is 1.29 bits per heavy atom. The fraction of sp³-hybridized carbons (Fsp3) is 0.737. The fourth-order valence-electron chi connectivity index (χ4n) is 5.49. The lowest BCUT2D eigenvalue weighted by molar-refractivity contribution is -0.160. The minimum atomic E-state index is -3.26. The lowest BCUT2D eigenvalue weighted by Crippen LogP contribution is -2.33. The van der Waals surface area contributed by atoms with Crippen LogP contribution in [-0.2, 0) is 23.1 Å². The molecule has 2 saturated carbocycles. The van der Waals surface area contributed by atoms with E-state index in [1.54, 1.807) is 6.33 Å². The summed E-state index contributed by atoms with van der Waals surface area (Å²) < 4.78 is 40.0. The monoisotopic (exact) mass is 563 g/mol. The molecule has 10 nitrogen and oxygen atoms in total. The van der Waals surface area contributed by atoms with E-state index in [2.05, 4.69) is 37.5 Å². The molecule has 5 rings (SSSR count). The maximum atomic E-state index is 13.4. The van der Waals surface area contributed by atoms with Crippen molar-refractivity contribution in [1.29, 1.82) is 0 Å². The van der Waals surface area contributed by atoms with E-state index in [0.717, 1.165) is 6.42 Å². The lowest BCUT2D eigenvalue weighted by atomic mass is 10.0. The maximum Gasteiger partial charge on any atom is 0.331 e. The highest BCUT2D eigenvalue weighted by molar-refractivity contribution is 14.1. The van der Waals surface area contributed by atoms with Crippen molar-refractivity contribution >= 4 is 47.2 Å². The third kappa shape index (κ3) is 3.43. The minimum Gasteiger partial charge on any atom is -0.382 e. The summed E-state index contributed by atoms with van der Waals surface area (Å²) in [4.78, 5) is 13.3. The van der Waals surface area contributed by atoms with Crippen LogP contribution in [0.5, 0.6) is 0 Å². The number of fused-ring (bicyclic) bond motifs is 4. The van der Waals surface area contributed by atoms with Crippen LogP contribution < -0.4 is 5.73 Å². The molecule has 1 aliphatic heterocycles. The number of nitrogens with zero attached hydrogens (tertiary/aromatic N) is 4. The first-order valence-corrected chi connectivity index (χ1v) is 13.3. The molecular weight excluding hydrogens is 536 g/mol. The van der Waals surface area contributed by atoms with Gasteiger partial charge in [0.1, 0.15) is 11.6 Å². The Kier molecular flexibility index (Phi) is 5.19. The standard InChI is InChI=1S/C19H27IN5O5P/c1-5-27-31(26,28-6-2)8-19-7-10(19)12(13-14(19)30-18(3,4)29-13)25-9-22-11-15(21)23-17(20)24-16(11)25/h9-10,12-14H,5-8H2,1-4H3,(H2,21,23,24)/t10-,12-,13+,14+,19+/m1/s1. The summed E-state index contributed by atoms with van der Waals surface area (Å²) in [5.74, 6) is -0.210. The van der Waals surface area contributed by atoms with Crippen molar-refractivity contribution in [2.45, 2.75) is 58.2 Å². The van der Waals surface area contributed by atoms with Gasteiger partial charge < -0.3 is 28.8 Å². The van der Waals surface area contributed by atoms with Gasteiger partial charge in [-0.3, -0.25) is 4.57 Å². The van der Waals surface area contributed by atoms with Crippen molar-refractivity contribution in [3.63, 3.8) is 0 Å². The van der Waals surface area contributed by atoms with Crippen LogP contribution in [0.1, 0.15) is 40.2 Å². The number of nitrogen functional groups attached to an aromatic ring is 1. The number of anilines is 1. The maximum absolute atomic E-state index is 13.4. The molecule has 3 heterocycles. The second-order valence-electron chi connectivity index (χ2n) is 8.86. The number of rotatable bonds is 7. The highest BCUT2D eigenvalue weighted by Crippen LogP contribution is 2.75. The summed E-state index contributed by atoms with van der Waals surface area (Å²) in [5.41, 5.74) is 6.99. The van der Waals surface area contributed by atoms with E-state index in [0.29, 0.717) is 40.2 Å². The zero-order chi connectivity index (χ0) is 22.2. The van der Waals surface area contributed by atoms with E-state index < -0.39 is 13.4 Å². The van der Waals surface area contributed by atoms with E-state index in [-0.39, 0.29) is 29.6 Å². The van der Waals surface area contributed by atoms with Gasteiger partial charge in [0.15, 0.2) is 21.1 Å². The third-order valence-electron chi connectivity index (χ3n) is 6.50. The molecule has 0 amide bonds. The van der Waals surface area contributed by atoms with Gasteiger partial charge in [-0.2, -0.15) is 0 Å². The molecule has 170 valence electrons. The quantitative estimate of drug-likeness (QED) is 0.307. The van der Waals surface area contributed by atoms with E-state index >= 15 is 0 Å². The predicted molar refractivity (Wildman–Crippen MR) is 122 cm³/mol. The third-order valence-corrected chi connectivity index (χ3v) is 9.27. The average Bonchev–Trinajstić information content (AvgIpc) is 2.92. The number of halogens is 1. The van der Waals surface area contributed by atoms with E-state index in [4.69, 9.17) is 24.3 Å². The van der Waals surface area contributed by atoms with Crippen LogP contribution in [0.4, 0.5) is 5.82 Å². The summed E-state index contributed by atoms with van der Waals surface area (Å²) in [6.07, 6.45) is 2.46. The highest BCUT2D eigenvalue weighted by atomic mass is 127. The molecule has 2 aliphatic carbocycles. The Bertz CT molecular complexity index is 1070. The van der Waals surface area contributed by atoms with Gasteiger partial charge >= 0.3 is 7.60 Å². The normalized spacial score (nSPS) is 33.6. The molecule has 3 fully saturated rings. The second-order valence-corrected chi connectivity index (χ2v) is 11.9. The zero-order valence-electron chi connectivity index (χ0n) is 17.9. The smallest absolute Gasteiger partial charge is 0.331 e. The Morgan fingerprint density at radius 3 is 2.68 bits per heavy atom. The first-order chi connectivity index (χ1) is 14.6. The van der Waals surface area contributed by atoms with Crippen molar-refractivity contribution in [3.8, 4) is 0 Å². The molecule has 0 bridgehead atoms. The molecule has 3 aliphatic rings. The number of nitrogens with two attached hydrogens (primary N) is 1. The molecule has 2 aromatic heterocycles. The van der Waals surface area contributed by atoms with Crippen LogP contribution in [-0.4, -0.2) is 56.9 Å². The molecule has 5 atom stereocenters. The molecule has 12 heteroatoms. The van der Waals surface area contributed by atoms with Crippen molar-refractivity contribution in [2.24, 2.45) is 11.3 Å². The number of hydrogen-bond donors (Lipinski definition) is 1. The molecule has 1 saturated heterocycles. The predicted octanol–water partition coefficient (Wildman–Crippen LogP) is 3.36. The van der Waals surface area contributed by atoms with Gasteiger partial charge in [0, 0.05) is 28.0 Å². The summed E-state index contributed by atoms with van der Waals surface area (Å²) in [6.45, 7) is 8.14. The largest absolute Gasteiger partial charge is 0.382 e. The van der Waals surface area contributed by atoms with Gasteiger partial charge in [-0.05, 0) is 40.0 Å². The Morgan fingerprint density at radius 2 is 2.00 bits per heavy atom. The van der Waals surface area contributed by atoms with Crippen molar-refractivity contribution < 1.29 is 23.1 Å². The minimum absolute atomic E-state index is 0.0708. The Labute approximate surface area is 194 Å². The summed E-state index contributed by atoms with van der Waals surface area (Å²) in [6, 6.07) is -0.0708. The Balaban J connectivity index is 1.56. The van der Waals surface area contributed by atoms with Crippen LogP contribution in [0.15, 0.2) is 6.33 Å². The Hall–Kier alpha value is -0.850. The number of ether oxygens (including phenoxy) is 2. The van der Waals surface area contributed by atoms with Crippen LogP contribution in [0.2, 0.25) is 0 Å². The summed E-state index contributed by atoms with van der Waals surface area (Å²) >= 11 is 2.05. The first-order valence-electron chi connectivity index (χ1n) is 10.5. The molecule has 0 aromatic carbocycles. The highest BCUT2D eigenvalue weighted by Gasteiger charge is 2.77. The molecule has 0 unspecified atom stereocenters. The van der Waals surface area contributed by atoms with Crippen LogP contribution in [0.25, 0.3) is 11.2 Å². The molecule has 2 N–H and O–H groups in total. The van der Waals surface area contributed by atoms with E-state index in [9.17, 15) is 4.57 Å². The van der Waals surface area contributed by atoms with Crippen molar-refractivity contribution in [3.05, 3.63) is 10.2 Å². The van der Waals surface area contributed by atoms with Crippen molar-refractivity contribution in [1.82, 2.24) is 19.5 Å². The lowest BCUT2D eigenvalue weighted by Gasteiger charge is -2.27. The van der Waals surface area contributed by atoms with E-state index in [1.165, 1.54) is 0 Å². The number of hydrogen-bond acceptors (Lipinski definition) is 9. The van der Waals surface area contributed by atoms with Gasteiger partial charge in [0.2, 0.25) is 0 Å². The SMILES string of the molecule is CCOP(=O)(C[C@@]12C[C@@H]1[C@@H](n1cnc3c(N)nc(I)nc31)[C@@H]1OC(C)(C)O[C@@H]12)OCC. The van der Waals surface area contributed by atoms with Gasteiger partial charge in [0.25, 0.3) is 0 Å². The topological polar surface area (TPSA) is 124 Å². The molecule has 0 spiro atoms. The van der Waals surface area contributed by atoms with Gasteiger partial charge in [-0.1, -0.05) is 0 Å². The number of aromatic nitrogens is 4.